The van der Waals surface area contributed by atoms with Gasteiger partial charge in [0.15, 0.2) is 0 Å². The summed E-state index contributed by atoms with van der Waals surface area (Å²) in [6.07, 6.45) is 5.88. The van der Waals surface area contributed by atoms with E-state index < -0.39 is 0 Å². The highest BCUT2D eigenvalue weighted by atomic mass is 16.5. The second kappa shape index (κ2) is 10.5. The van der Waals surface area contributed by atoms with E-state index in [0.717, 1.165) is 51.9 Å². The minimum absolute atomic E-state index is 0.0570. The number of aromatic nitrogens is 4. The van der Waals surface area contributed by atoms with Crippen molar-refractivity contribution in [3.05, 3.63) is 6.33 Å². The summed E-state index contributed by atoms with van der Waals surface area (Å²) < 4.78 is 6.57. The molecule has 0 aliphatic carbocycles. The summed E-state index contributed by atoms with van der Waals surface area (Å²) in [4.78, 5) is 29.2. The lowest BCUT2D eigenvalue weighted by atomic mass is 9.93. The summed E-state index contributed by atoms with van der Waals surface area (Å²) in [5, 5.41) is 13.9. The minimum atomic E-state index is 0.0570. The first-order valence-electron chi connectivity index (χ1n) is 10.2. The van der Waals surface area contributed by atoms with Crippen LogP contribution < -0.4 is 5.32 Å². The fourth-order valence-electron chi connectivity index (χ4n) is 4.10. The lowest BCUT2D eigenvalue weighted by Crippen LogP contribution is -2.51. The van der Waals surface area contributed by atoms with Gasteiger partial charge in [-0.1, -0.05) is 0 Å². The topological polar surface area (TPSA) is 105 Å². The standard InChI is InChI=1S/C18H31N7O3/c1-28-12-7-19-18(27)15-3-2-8-24(13-15)16-4-9-23(10-5-16)17(26)6-11-25-14-20-21-22-25/h14-16H,2-13H2,1H3,(H,19,27)/t15-/m0/s1. The molecule has 3 rings (SSSR count). The van der Waals surface area contributed by atoms with Crippen LogP contribution in [0.3, 0.4) is 0 Å². The third kappa shape index (κ3) is 5.71. The van der Waals surface area contributed by atoms with E-state index in [1.807, 2.05) is 4.90 Å². The summed E-state index contributed by atoms with van der Waals surface area (Å²) in [6.45, 7) is 5.04. The number of tetrazole rings is 1. The van der Waals surface area contributed by atoms with Crippen molar-refractivity contribution in [2.45, 2.75) is 44.7 Å². The lowest BCUT2D eigenvalue weighted by Gasteiger charge is -2.42. The van der Waals surface area contributed by atoms with Crippen LogP contribution in [-0.4, -0.2) is 94.3 Å². The van der Waals surface area contributed by atoms with Gasteiger partial charge < -0.3 is 15.0 Å². The molecule has 0 spiro atoms. The van der Waals surface area contributed by atoms with Crippen LogP contribution in [0.4, 0.5) is 0 Å². The van der Waals surface area contributed by atoms with E-state index in [0.29, 0.717) is 32.2 Å². The van der Waals surface area contributed by atoms with Crippen molar-refractivity contribution in [3.8, 4) is 0 Å². The third-order valence-corrected chi connectivity index (χ3v) is 5.71. The van der Waals surface area contributed by atoms with Gasteiger partial charge in [-0.3, -0.25) is 14.5 Å². The zero-order valence-corrected chi connectivity index (χ0v) is 16.6. The molecule has 0 radical (unpaired) electrons. The van der Waals surface area contributed by atoms with E-state index >= 15 is 0 Å². The van der Waals surface area contributed by atoms with Crippen molar-refractivity contribution in [1.29, 1.82) is 0 Å². The summed E-state index contributed by atoms with van der Waals surface area (Å²) >= 11 is 0. The molecule has 0 unspecified atom stereocenters. The molecule has 2 fully saturated rings. The van der Waals surface area contributed by atoms with Gasteiger partial charge in [0.1, 0.15) is 6.33 Å². The molecule has 10 nitrogen and oxygen atoms in total. The Kier molecular flexibility index (Phi) is 7.72. The van der Waals surface area contributed by atoms with Crippen molar-refractivity contribution in [2.24, 2.45) is 5.92 Å². The van der Waals surface area contributed by atoms with Crippen LogP contribution in [0, 0.1) is 5.92 Å². The van der Waals surface area contributed by atoms with Crippen LogP contribution >= 0.6 is 0 Å². The molecule has 156 valence electrons. The number of amides is 2. The number of aryl methyl sites for hydroxylation is 1. The van der Waals surface area contributed by atoms with Gasteiger partial charge in [-0.25, -0.2) is 4.68 Å². The predicted molar refractivity (Wildman–Crippen MR) is 101 cm³/mol. The molecule has 2 amide bonds. The normalized spacial score (nSPS) is 21.6. The van der Waals surface area contributed by atoms with Crippen molar-refractivity contribution in [1.82, 2.24) is 35.3 Å². The second-order valence-electron chi connectivity index (χ2n) is 7.55. The first-order chi connectivity index (χ1) is 13.7. The van der Waals surface area contributed by atoms with Gasteiger partial charge >= 0.3 is 0 Å². The number of rotatable bonds is 8. The highest BCUT2D eigenvalue weighted by molar-refractivity contribution is 5.79. The monoisotopic (exact) mass is 393 g/mol. The summed E-state index contributed by atoms with van der Waals surface area (Å²) in [5.41, 5.74) is 0. The van der Waals surface area contributed by atoms with Gasteiger partial charge in [0.2, 0.25) is 11.8 Å². The summed E-state index contributed by atoms with van der Waals surface area (Å²) in [5.74, 6) is 0.349. The average molecular weight is 393 g/mol. The Hall–Kier alpha value is -2.07. The van der Waals surface area contributed by atoms with Gasteiger partial charge in [-0.05, 0) is 42.7 Å². The van der Waals surface area contributed by atoms with Crippen LogP contribution in [0.25, 0.3) is 0 Å². The fraction of sp³-hybridized carbons (Fsp3) is 0.833. The van der Waals surface area contributed by atoms with Crippen LogP contribution in [0.2, 0.25) is 0 Å². The molecule has 1 aromatic rings. The molecule has 10 heteroatoms. The number of methoxy groups -OCH3 is 1. The van der Waals surface area contributed by atoms with Crippen LogP contribution in [0.5, 0.6) is 0 Å². The van der Waals surface area contributed by atoms with Gasteiger partial charge in [0, 0.05) is 45.8 Å². The largest absolute Gasteiger partial charge is 0.383 e. The van der Waals surface area contributed by atoms with E-state index in [4.69, 9.17) is 4.74 Å². The number of nitrogens with one attached hydrogen (secondary N) is 1. The number of hydrogen-bond donors (Lipinski definition) is 1. The summed E-state index contributed by atoms with van der Waals surface area (Å²) in [6, 6.07) is 0.457. The molecule has 0 bridgehead atoms. The van der Waals surface area contributed by atoms with Gasteiger partial charge in [-0.15, -0.1) is 5.10 Å². The Morgan fingerprint density at radius 1 is 1.21 bits per heavy atom. The number of likely N-dealkylation sites (tertiary alicyclic amines) is 2. The Morgan fingerprint density at radius 3 is 2.75 bits per heavy atom. The lowest BCUT2D eigenvalue weighted by molar-refractivity contribution is -0.133. The maximum Gasteiger partial charge on any atom is 0.224 e. The molecule has 1 N–H and O–H groups in total. The summed E-state index contributed by atoms with van der Waals surface area (Å²) in [7, 11) is 1.64. The Labute approximate surface area is 165 Å². The fourth-order valence-corrected chi connectivity index (χ4v) is 4.10. The van der Waals surface area contributed by atoms with Crippen molar-refractivity contribution >= 4 is 11.8 Å². The Morgan fingerprint density at radius 2 is 2.04 bits per heavy atom. The highest BCUT2D eigenvalue weighted by Crippen LogP contribution is 2.24. The first kappa shape index (κ1) is 20.7. The van der Waals surface area contributed by atoms with Gasteiger partial charge in [-0.2, -0.15) is 0 Å². The average Bonchev–Trinajstić information content (AvgIpc) is 3.26. The highest BCUT2D eigenvalue weighted by Gasteiger charge is 2.32. The van der Waals surface area contributed by atoms with E-state index in [2.05, 4.69) is 25.7 Å². The number of hydrogen-bond acceptors (Lipinski definition) is 7. The zero-order chi connectivity index (χ0) is 19.8. The molecule has 3 heterocycles. The van der Waals surface area contributed by atoms with Crippen molar-refractivity contribution < 1.29 is 14.3 Å². The molecule has 0 aromatic carbocycles. The van der Waals surface area contributed by atoms with E-state index in [-0.39, 0.29) is 17.7 Å². The molecule has 0 saturated carbocycles. The maximum atomic E-state index is 12.4. The molecular weight excluding hydrogens is 362 g/mol. The quantitative estimate of drug-likeness (QED) is 0.595. The van der Waals surface area contributed by atoms with E-state index in [1.165, 1.54) is 6.33 Å². The first-order valence-corrected chi connectivity index (χ1v) is 10.2. The second-order valence-corrected chi connectivity index (χ2v) is 7.55. The number of carbonyl (C=O) groups excluding carboxylic acids is 2. The van der Waals surface area contributed by atoms with Crippen molar-refractivity contribution in [3.63, 3.8) is 0 Å². The Bertz CT molecular complexity index is 617. The molecule has 1 aromatic heterocycles. The molecule has 2 saturated heterocycles. The predicted octanol–water partition coefficient (Wildman–Crippen LogP) is -0.471. The molecular formula is C18H31N7O3. The third-order valence-electron chi connectivity index (χ3n) is 5.71. The van der Waals surface area contributed by atoms with Gasteiger partial charge in [0.25, 0.3) is 0 Å². The molecule has 28 heavy (non-hydrogen) atoms. The molecule has 1 atom stereocenters. The van der Waals surface area contributed by atoms with Crippen LogP contribution in [0.1, 0.15) is 32.1 Å². The molecule has 2 aliphatic heterocycles. The van der Waals surface area contributed by atoms with Crippen LogP contribution in [-0.2, 0) is 20.9 Å². The van der Waals surface area contributed by atoms with Crippen molar-refractivity contribution in [2.75, 3.05) is 46.4 Å². The maximum absolute atomic E-state index is 12.4. The number of piperidine rings is 2. The SMILES string of the molecule is COCCNC(=O)[C@H]1CCCN(C2CCN(C(=O)CCn3cnnn3)CC2)C1. The Balaban J connectivity index is 1.40. The number of carbonyl (C=O) groups is 2. The minimum Gasteiger partial charge on any atom is -0.383 e. The molecule has 2 aliphatic rings. The van der Waals surface area contributed by atoms with Crippen LogP contribution in [0.15, 0.2) is 6.33 Å². The zero-order valence-electron chi connectivity index (χ0n) is 16.6. The van der Waals surface area contributed by atoms with Gasteiger partial charge in [0.05, 0.1) is 19.1 Å². The number of nitrogens with zero attached hydrogens (tertiary/aromatic N) is 6. The number of ether oxygens (including phenoxy) is 1. The van der Waals surface area contributed by atoms with E-state index in [1.54, 1.807) is 11.8 Å². The smallest absolute Gasteiger partial charge is 0.224 e. The van der Waals surface area contributed by atoms with E-state index in [9.17, 15) is 9.59 Å².